The van der Waals surface area contributed by atoms with Crippen LogP contribution in [-0.2, 0) is 4.79 Å². The molecule has 114 valence electrons. The van der Waals surface area contributed by atoms with Gasteiger partial charge in [-0.05, 0) is 63.7 Å². The van der Waals surface area contributed by atoms with Crippen LogP contribution in [0.15, 0.2) is 30.3 Å². The van der Waals surface area contributed by atoms with Crippen LogP contribution in [0, 0.1) is 5.92 Å². The number of anilines is 1. The number of hydrogen-bond acceptors (Lipinski definition) is 2. The lowest BCUT2D eigenvalue weighted by molar-refractivity contribution is -0.120. The average Bonchev–Trinajstić information content (AvgIpc) is 3.34. The minimum Gasteiger partial charge on any atom is -0.308 e. The second-order valence-electron chi connectivity index (χ2n) is 6.51. The number of likely N-dealkylation sites (tertiary alicyclic amines) is 1. The summed E-state index contributed by atoms with van der Waals surface area (Å²) >= 11 is 0. The molecule has 2 fully saturated rings. The number of carbonyl (C=O) groups is 1. The second-order valence-corrected chi connectivity index (χ2v) is 6.51. The number of nitrogens with zero attached hydrogens (tertiary/aromatic N) is 2. The van der Waals surface area contributed by atoms with E-state index in [4.69, 9.17) is 0 Å². The predicted molar refractivity (Wildman–Crippen MR) is 86.4 cm³/mol. The third kappa shape index (κ3) is 3.65. The molecule has 21 heavy (non-hydrogen) atoms. The van der Waals surface area contributed by atoms with Gasteiger partial charge in [-0.2, -0.15) is 0 Å². The molecule has 1 aliphatic carbocycles. The molecule has 0 unspecified atom stereocenters. The van der Waals surface area contributed by atoms with Gasteiger partial charge in [-0.1, -0.05) is 24.6 Å². The summed E-state index contributed by atoms with van der Waals surface area (Å²) in [6, 6.07) is 10.5. The number of rotatable bonds is 5. The maximum Gasteiger partial charge on any atom is 0.241 e. The van der Waals surface area contributed by atoms with E-state index in [1.165, 1.54) is 32.1 Å². The minimum absolute atomic E-state index is 0.266. The maximum absolute atomic E-state index is 12.9. The van der Waals surface area contributed by atoms with Crippen molar-refractivity contribution in [3.05, 3.63) is 30.3 Å². The van der Waals surface area contributed by atoms with E-state index in [2.05, 4.69) is 24.0 Å². The number of benzene rings is 1. The fourth-order valence-electron chi connectivity index (χ4n) is 3.37. The van der Waals surface area contributed by atoms with Crippen molar-refractivity contribution < 1.29 is 4.79 Å². The Balaban J connectivity index is 1.72. The van der Waals surface area contributed by atoms with Gasteiger partial charge in [0.2, 0.25) is 5.91 Å². The summed E-state index contributed by atoms with van der Waals surface area (Å²) in [6.45, 7) is 4.93. The summed E-state index contributed by atoms with van der Waals surface area (Å²) < 4.78 is 0. The van der Waals surface area contributed by atoms with Crippen molar-refractivity contribution >= 4 is 11.6 Å². The maximum atomic E-state index is 12.9. The Morgan fingerprint density at radius 3 is 2.48 bits per heavy atom. The van der Waals surface area contributed by atoms with Crippen LogP contribution in [0.1, 0.15) is 39.0 Å². The lowest BCUT2D eigenvalue weighted by atomic mass is 10.1. The highest BCUT2D eigenvalue weighted by Gasteiger charge is 2.35. The van der Waals surface area contributed by atoms with Crippen molar-refractivity contribution in [3.63, 3.8) is 0 Å². The Morgan fingerprint density at radius 2 is 1.86 bits per heavy atom. The van der Waals surface area contributed by atoms with Crippen molar-refractivity contribution in [1.82, 2.24) is 4.90 Å². The lowest BCUT2D eigenvalue weighted by Gasteiger charge is -2.33. The summed E-state index contributed by atoms with van der Waals surface area (Å²) in [5.41, 5.74) is 1.05. The summed E-state index contributed by atoms with van der Waals surface area (Å²) in [7, 11) is 0. The SMILES string of the molecule is C[C@H](C1CC1)N(C(=O)CN1CCCCC1)c1ccccc1. The number of para-hydroxylation sites is 1. The summed E-state index contributed by atoms with van der Waals surface area (Å²) in [5, 5.41) is 0. The number of carbonyl (C=O) groups excluding carboxylic acids is 1. The molecule has 1 aromatic carbocycles. The molecule has 3 nitrogen and oxygen atoms in total. The van der Waals surface area contributed by atoms with Gasteiger partial charge in [0.1, 0.15) is 0 Å². The van der Waals surface area contributed by atoms with Gasteiger partial charge in [0.05, 0.1) is 6.54 Å². The molecule has 1 saturated carbocycles. The third-order valence-electron chi connectivity index (χ3n) is 4.82. The van der Waals surface area contributed by atoms with E-state index in [0.29, 0.717) is 18.5 Å². The zero-order chi connectivity index (χ0) is 14.7. The van der Waals surface area contributed by atoms with Crippen molar-refractivity contribution in [2.45, 2.75) is 45.1 Å². The predicted octanol–water partition coefficient (Wildman–Crippen LogP) is 3.30. The fraction of sp³-hybridized carbons (Fsp3) is 0.611. The van der Waals surface area contributed by atoms with Gasteiger partial charge in [0, 0.05) is 11.7 Å². The largest absolute Gasteiger partial charge is 0.308 e. The van der Waals surface area contributed by atoms with E-state index in [0.717, 1.165) is 18.8 Å². The minimum atomic E-state index is 0.266. The Hall–Kier alpha value is -1.35. The molecule has 1 atom stereocenters. The summed E-state index contributed by atoms with van der Waals surface area (Å²) in [6.07, 6.45) is 6.31. The van der Waals surface area contributed by atoms with Crippen LogP contribution in [0.4, 0.5) is 5.69 Å². The Bertz CT molecular complexity index is 463. The van der Waals surface area contributed by atoms with E-state index in [-0.39, 0.29) is 5.91 Å². The van der Waals surface area contributed by atoms with Gasteiger partial charge in [0.25, 0.3) is 0 Å². The van der Waals surface area contributed by atoms with Crippen LogP contribution >= 0.6 is 0 Å². The molecule has 3 heteroatoms. The third-order valence-corrected chi connectivity index (χ3v) is 4.82. The fourth-order valence-corrected chi connectivity index (χ4v) is 3.37. The number of amides is 1. The van der Waals surface area contributed by atoms with Crippen molar-refractivity contribution in [2.24, 2.45) is 5.92 Å². The highest BCUT2D eigenvalue weighted by atomic mass is 16.2. The molecule has 1 saturated heterocycles. The highest BCUT2D eigenvalue weighted by Crippen LogP contribution is 2.37. The van der Waals surface area contributed by atoms with Gasteiger partial charge >= 0.3 is 0 Å². The van der Waals surface area contributed by atoms with Gasteiger partial charge in [-0.15, -0.1) is 0 Å². The van der Waals surface area contributed by atoms with Crippen molar-refractivity contribution in [1.29, 1.82) is 0 Å². The van der Waals surface area contributed by atoms with Gasteiger partial charge in [-0.25, -0.2) is 0 Å². The summed E-state index contributed by atoms with van der Waals surface area (Å²) in [4.78, 5) is 17.2. The first-order valence-corrected chi connectivity index (χ1v) is 8.35. The van der Waals surface area contributed by atoms with Gasteiger partial charge in [-0.3, -0.25) is 9.69 Å². The molecular formula is C18H26N2O. The Morgan fingerprint density at radius 1 is 1.19 bits per heavy atom. The van der Waals surface area contributed by atoms with E-state index >= 15 is 0 Å². The van der Waals surface area contributed by atoms with Crippen molar-refractivity contribution in [3.8, 4) is 0 Å². The van der Waals surface area contributed by atoms with Crippen LogP contribution < -0.4 is 4.90 Å². The molecule has 1 aromatic rings. The standard InChI is InChI=1S/C18H26N2O/c1-15(16-10-11-16)20(17-8-4-2-5-9-17)18(21)14-19-12-6-3-7-13-19/h2,4-5,8-9,15-16H,3,6-7,10-14H2,1H3/t15-/m1/s1. The quantitative estimate of drug-likeness (QED) is 0.829. The summed E-state index contributed by atoms with van der Waals surface area (Å²) in [5.74, 6) is 0.956. The molecule has 0 spiro atoms. The number of piperidine rings is 1. The zero-order valence-corrected chi connectivity index (χ0v) is 13.0. The van der Waals surface area contributed by atoms with E-state index in [9.17, 15) is 4.79 Å². The molecule has 0 N–H and O–H groups in total. The van der Waals surface area contributed by atoms with Crippen LogP contribution in [0.3, 0.4) is 0 Å². The van der Waals surface area contributed by atoms with Crippen LogP contribution in [-0.4, -0.2) is 36.5 Å². The van der Waals surface area contributed by atoms with E-state index in [1.54, 1.807) is 0 Å². The first-order chi connectivity index (χ1) is 10.3. The first-order valence-electron chi connectivity index (χ1n) is 8.35. The van der Waals surface area contributed by atoms with Gasteiger partial charge in [0.15, 0.2) is 0 Å². The normalized spacial score (nSPS) is 21.0. The average molecular weight is 286 g/mol. The molecule has 1 amide bonds. The van der Waals surface area contributed by atoms with Crippen molar-refractivity contribution in [2.75, 3.05) is 24.5 Å². The van der Waals surface area contributed by atoms with Gasteiger partial charge < -0.3 is 4.90 Å². The molecule has 1 aliphatic heterocycles. The van der Waals surface area contributed by atoms with E-state index in [1.807, 2.05) is 23.1 Å². The highest BCUT2D eigenvalue weighted by molar-refractivity contribution is 5.95. The molecule has 0 aromatic heterocycles. The van der Waals surface area contributed by atoms with E-state index < -0.39 is 0 Å². The Kier molecular flexibility index (Phi) is 4.59. The molecule has 2 aliphatic rings. The molecule has 0 radical (unpaired) electrons. The molecular weight excluding hydrogens is 260 g/mol. The molecule has 3 rings (SSSR count). The monoisotopic (exact) mass is 286 g/mol. The molecule has 1 heterocycles. The second kappa shape index (κ2) is 6.61. The molecule has 0 bridgehead atoms. The lowest BCUT2D eigenvalue weighted by Crippen LogP contribution is -2.46. The van der Waals surface area contributed by atoms with Crippen LogP contribution in [0.25, 0.3) is 0 Å². The van der Waals surface area contributed by atoms with Crippen LogP contribution in [0.5, 0.6) is 0 Å². The zero-order valence-electron chi connectivity index (χ0n) is 13.0. The number of hydrogen-bond donors (Lipinski definition) is 0. The smallest absolute Gasteiger partial charge is 0.241 e. The topological polar surface area (TPSA) is 23.6 Å². The van der Waals surface area contributed by atoms with Crippen LogP contribution in [0.2, 0.25) is 0 Å². The Labute approximate surface area is 127 Å². The first kappa shape index (κ1) is 14.6.